The number of hydrogen-bond acceptors (Lipinski definition) is 3. The second-order valence-electron chi connectivity index (χ2n) is 6.91. The summed E-state index contributed by atoms with van der Waals surface area (Å²) < 4.78 is 11.5. The van der Waals surface area contributed by atoms with Gasteiger partial charge in [-0.25, -0.2) is 4.79 Å². The highest BCUT2D eigenvalue weighted by Gasteiger charge is 2.43. The summed E-state index contributed by atoms with van der Waals surface area (Å²) in [4.78, 5) is 15.6. The summed E-state index contributed by atoms with van der Waals surface area (Å²) in [6, 6.07) is 3.95. The average molecular weight is 325 g/mol. The van der Waals surface area contributed by atoms with Crippen LogP contribution in [0.2, 0.25) is 0 Å². The third-order valence-electron chi connectivity index (χ3n) is 4.80. The lowest BCUT2D eigenvalue weighted by molar-refractivity contribution is 0.184. The second-order valence-corrected chi connectivity index (χ2v) is 6.91. The van der Waals surface area contributed by atoms with Crippen molar-refractivity contribution in [2.24, 2.45) is 0 Å². The predicted octanol–water partition coefficient (Wildman–Crippen LogP) is 4.45. The van der Waals surface area contributed by atoms with E-state index in [0.29, 0.717) is 17.1 Å². The molecule has 0 amide bonds. The zero-order chi connectivity index (χ0) is 17.5. The molecular weight excluding hydrogens is 302 g/mol. The van der Waals surface area contributed by atoms with Gasteiger partial charge in [0.1, 0.15) is 17.6 Å². The number of H-pyrrole nitrogens is 1. The third-order valence-corrected chi connectivity index (χ3v) is 4.80. The van der Waals surface area contributed by atoms with Crippen molar-refractivity contribution in [2.45, 2.75) is 46.1 Å². The Morgan fingerprint density at radius 1 is 1.38 bits per heavy atom. The zero-order valence-corrected chi connectivity index (χ0v) is 14.8. The lowest BCUT2D eigenvalue weighted by atomic mass is 9.82. The molecule has 0 saturated carbocycles. The predicted molar refractivity (Wildman–Crippen MR) is 96.3 cm³/mol. The van der Waals surface area contributed by atoms with Gasteiger partial charge in [0, 0.05) is 22.9 Å². The van der Waals surface area contributed by atoms with Gasteiger partial charge < -0.3 is 14.1 Å². The molecule has 3 heterocycles. The van der Waals surface area contributed by atoms with E-state index in [1.54, 1.807) is 0 Å². The largest absolute Gasteiger partial charge is 0.489 e. The van der Waals surface area contributed by atoms with Crippen molar-refractivity contribution in [3.63, 3.8) is 0 Å². The van der Waals surface area contributed by atoms with Gasteiger partial charge in [0.2, 0.25) is 0 Å². The molecule has 0 fully saturated rings. The highest BCUT2D eigenvalue weighted by Crippen LogP contribution is 2.43. The quantitative estimate of drug-likeness (QED) is 0.848. The summed E-state index contributed by atoms with van der Waals surface area (Å²) >= 11 is 0. The lowest BCUT2D eigenvalue weighted by Gasteiger charge is -2.20. The van der Waals surface area contributed by atoms with Gasteiger partial charge in [-0.2, -0.15) is 0 Å². The number of fused-ring (bicyclic) bond motifs is 1. The van der Waals surface area contributed by atoms with Crippen molar-refractivity contribution in [3.8, 4) is 5.75 Å². The SMILES string of the molecule is CC(/C=C/c1oc(=O)c2c(c1C)O[C@@H](C)C2(C)C)=C\c1ccc[nH]1. The van der Waals surface area contributed by atoms with Gasteiger partial charge in [-0.1, -0.05) is 19.9 Å². The number of ether oxygens (including phenoxy) is 1. The minimum Gasteiger partial charge on any atom is -0.489 e. The van der Waals surface area contributed by atoms with Crippen LogP contribution in [0, 0.1) is 6.92 Å². The van der Waals surface area contributed by atoms with Crippen LogP contribution < -0.4 is 10.4 Å². The smallest absolute Gasteiger partial charge is 0.343 e. The highest BCUT2D eigenvalue weighted by atomic mass is 16.5. The van der Waals surface area contributed by atoms with Crippen molar-refractivity contribution in [1.82, 2.24) is 4.98 Å². The number of aromatic amines is 1. The van der Waals surface area contributed by atoms with Gasteiger partial charge in [-0.15, -0.1) is 0 Å². The first-order valence-electron chi connectivity index (χ1n) is 8.15. The summed E-state index contributed by atoms with van der Waals surface area (Å²) in [6.07, 6.45) is 7.61. The molecule has 1 N–H and O–H groups in total. The first-order chi connectivity index (χ1) is 11.3. The van der Waals surface area contributed by atoms with E-state index in [1.807, 2.05) is 71.2 Å². The standard InChI is InChI=1S/C20H23NO3/c1-12(11-15-7-6-10-21-15)8-9-16-13(2)18-17(19(22)24-16)20(4,5)14(3)23-18/h6-11,14,21H,1-5H3/b9-8+,12-11+/t14-/m0/s1. The van der Waals surface area contributed by atoms with Crippen LogP contribution in [0.1, 0.15) is 50.3 Å². The maximum Gasteiger partial charge on any atom is 0.343 e. The molecule has 0 radical (unpaired) electrons. The monoisotopic (exact) mass is 325 g/mol. The first-order valence-corrected chi connectivity index (χ1v) is 8.15. The molecule has 1 atom stereocenters. The van der Waals surface area contributed by atoms with E-state index < -0.39 is 0 Å². The van der Waals surface area contributed by atoms with Crippen LogP contribution in [0.3, 0.4) is 0 Å². The Morgan fingerprint density at radius 2 is 2.12 bits per heavy atom. The Balaban J connectivity index is 1.97. The van der Waals surface area contributed by atoms with Gasteiger partial charge in [0.25, 0.3) is 0 Å². The average Bonchev–Trinajstić information content (AvgIpc) is 3.09. The molecule has 1 aliphatic rings. The second kappa shape index (κ2) is 5.86. The number of aromatic nitrogens is 1. The van der Waals surface area contributed by atoms with E-state index in [2.05, 4.69) is 4.98 Å². The molecule has 0 unspecified atom stereocenters. The van der Waals surface area contributed by atoms with Gasteiger partial charge in [0.05, 0.1) is 5.56 Å². The van der Waals surface area contributed by atoms with E-state index in [9.17, 15) is 4.79 Å². The summed E-state index contributed by atoms with van der Waals surface area (Å²) in [6.45, 7) is 9.94. The van der Waals surface area contributed by atoms with Crippen molar-refractivity contribution in [3.05, 3.63) is 63.0 Å². The Hall–Kier alpha value is -2.49. The number of hydrogen-bond donors (Lipinski definition) is 1. The fourth-order valence-electron chi connectivity index (χ4n) is 2.94. The molecule has 0 aromatic carbocycles. The molecule has 0 saturated heterocycles. The van der Waals surface area contributed by atoms with Crippen LogP contribution in [0.4, 0.5) is 0 Å². The number of rotatable bonds is 3. The number of allylic oxidation sites excluding steroid dienone is 2. The Morgan fingerprint density at radius 3 is 2.79 bits per heavy atom. The molecule has 4 heteroatoms. The van der Waals surface area contributed by atoms with Crippen molar-refractivity contribution in [1.29, 1.82) is 0 Å². The molecule has 2 aromatic rings. The van der Waals surface area contributed by atoms with Crippen LogP contribution in [0.25, 0.3) is 12.2 Å². The summed E-state index contributed by atoms with van der Waals surface area (Å²) in [5, 5.41) is 0. The van der Waals surface area contributed by atoms with Crippen LogP contribution in [0.15, 0.2) is 39.2 Å². The summed E-state index contributed by atoms with van der Waals surface area (Å²) in [5.74, 6) is 1.22. The van der Waals surface area contributed by atoms with E-state index >= 15 is 0 Å². The molecule has 4 nitrogen and oxygen atoms in total. The Kier molecular flexibility index (Phi) is 3.99. The van der Waals surface area contributed by atoms with Gasteiger partial charge in [-0.3, -0.25) is 0 Å². The van der Waals surface area contributed by atoms with Crippen LogP contribution in [0.5, 0.6) is 5.75 Å². The maximum absolute atomic E-state index is 12.4. The molecule has 3 rings (SSSR count). The van der Waals surface area contributed by atoms with Crippen molar-refractivity contribution < 1.29 is 9.15 Å². The molecule has 1 aliphatic heterocycles. The van der Waals surface area contributed by atoms with E-state index in [-0.39, 0.29) is 17.1 Å². The fraction of sp³-hybridized carbons (Fsp3) is 0.350. The maximum atomic E-state index is 12.4. The fourth-order valence-corrected chi connectivity index (χ4v) is 2.94. The lowest BCUT2D eigenvalue weighted by Crippen LogP contribution is -2.32. The number of nitrogens with one attached hydrogen (secondary N) is 1. The highest BCUT2D eigenvalue weighted by molar-refractivity contribution is 5.61. The minimum atomic E-state index is -0.341. The molecule has 24 heavy (non-hydrogen) atoms. The molecule has 0 bridgehead atoms. The van der Waals surface area contributed by atoms with Crippen LogP contribution in [-0.4, -0.2) is 11.1 Å². The molecule has 126 valence electrons. The van der Waals surface area contributed by atoms with Gasteiger partial charge in [-0.05, 0) is 50.6 Å². The van der Waals surface area contributed by atoms with E-state index in [1.165, 1.54) is 0 Å². The van der Waals surface area contributed by atoms with Gasteiger partial charge in [0.15, 0.2) is 0 Å². The van der Waals surface area contributed by atoms with Crippen molar-refractivity contribution in [2.75, 3.05) is 0 Å². The van der Waals surface area contributed by atoms with E-state index in [4.69, 9.17) is 9.15 Å². The third kappa shape index (κ3) is 2.73. The molecular formula is C20H23NO3. The Labute approximate surface area is 141 Å². The molecule has 0 spiro atoms. The summed E-state index contributed by atoms with van der Waals surface area (Å²) in [7, 11) is 0. The van der Waals surface area contributed by atoms with Crippen LogP contribution >= 0.6 is 0 Å². The Bertz CT molecular complexity index is 867. The van der Waals surface area contributed by atoms with Crippen LogP contribution in [-0.2, 0) is 5.41 Å². The minimum absolute atomic E-state index is 0.0529. The molecule has 0 aliphatic carbocycles. The normalized spacial score (nSPS) is 19.5. The van der Waals surface area contributed by atoms with Gasteiger partial charge >= 0.3 is 5.63 Å². The topological polar surface area (TPSA) is 55.2 Å². The first kappa shape index (κ1) is 16.4. The van der Waals surface area contributed by atoms with E-state index in [0.717, 1.165) is 16.8 Å². The van der Waals surface area contributed by atoms with Crippen molar-refractivity contribution >= 4 is 12.2 Å². The summed E-state index contributed by atoms with van der Waals surface area (Å²) in [5.41, 5.74) is 2.94. The molecule has 2 aromatic heterocycles. The zero-order valence-electron chi connectivity index (χ0n) is 14.8.